The summed E-state index contributed by atoms with van der Waals surface area (Å²) in [6, 6.07) is 1.74. The third kappa shape index (κ3) is 3.25. The van der Waals surface area contributed by atoms with Crippen molar-refractivity contribution in [1.82, 2.24) is 24.6 Å². The minimum Gasteiger partial charge on any atom is -0.489 e. The molecule has 0 saturated heterocycles. The van der Waals surface area contributed by atoms with Crippen LogP contribution in [0, 0.1) is 0 Å². The standard InChI is InChI=1S/C17H23N5O2/c1-11(2)16-20-19-15-10-21(5-6-22(15)16)17(23)13-7-14(9-18-8-13)24-12(3)4/h7-9,11-12H,5-6,10H2,1-4H3. The molecule has 7 nitrogen and oxygen atoms in total. The topological polar surface area (TPSA) is 73.1 Å². The number of fused-ring (bicyclic) bond motifs is 1. The Bertz CT molecular complexity index is 738. The second-order valence-electron chi connectivity index (χ2n) is 6.58. The lowest BCUT2D eigenvalue weighted by molar-refractivity contribution is 0.0705. The van der Waals surface area contributed by atoms with E-state index < -0.39 is 0 Å². The first kappa shape index (κ1) is 16.4. The molecule has 0 aromatic carbocycles. The quantitative estimate of drug-likeness (QED) is 0.860. The van der Waals surface area contributed by atoms with Gasteiger partial charge in [0.25, 0.3) is 5.91 Å². The van der Waals surface area contributed by atoms with Gasteiger partial charge in [-0.1, -0.05) is 13.8 Å². The number of hydrogen-bond donors (Lipinski definition) is 0. The van der Waals surface area contributed by atoms with Crippen LogP contribution in [-0.4, -0.2) is 43.2 Å². The maximum atomic E-state index is 12.8. The van der Waals surface area contributed by atoms with Crippen LogP contribution < -0.4 is 4.74 Å². The van der Waals surface area contributed by atoms with Gasteiger partial charge in [-0.2, -0.15) is 0 Å². The fraction of sp³-hybridized carbons (Fsp3) is 0.529. The van der Waals surface area contributed by atoms with Crippen molar-refractivity contribution in [2.45, 2.75) is 52.8 Å². The molecule has 1 aliphatic rings. The third-order valence-electron chi connectivity index (χ3n) is 3.92. The van der Waals surface area contributed by atoms with Crippen LogP contribution in [0.3, 0.4) is 0 Å². The molecule has 3 heterocycles. The molecule has 0 radical (unpaired) electrons. The molecular weight excluding hydrogens is 306 g/mol. The van der Waals surface area contributed by atoms with Crippen molar-refractivity contribution in [2.24, 2.45) is 0 Å². The molecule has 7 heteroatoms. The molecule has 0 fully saturated rings. The van der Waals surface area contributed by atoms with Gasteiger partial charge in [-0.15, -0.1) is 10.2 Å². The monoisotopic (exact) mass is 329 g/mol. The molecule has 0 atom stereocenters. The summed E-state index contributed by atoms with van der Waals surface area (Å²) < 4.78 is 7.73. The number of pyridine rings is 1. The van der Waals surface area contributed by atoms with E-state index in [9.17, 15) is 4.79 Å². The minimum absolute atomic E-state index is 0.0418. The van der Waals surface area contributed by atoms with Gasteiger partial charge >= 0.3 is 0 Å². The molecule has 24 heavy (non-hydrogen) atoms. The van der Waals surface area contributed by atoms with Crippen LogP contribution in [-0.2, 0) is 13.1 Å². The van der Waals surface area contributed by atoms with Crippen molar-refractivity contribution in [3.05, 3.63) is 35.7 Å². The number of nitrogens with zero attached hydrogens (tertiary/aromatic N) is 5. The highest BCUT2D eigenvalue weighted by molar-refractivity contribution is 5.94. The van der Waals surface area contributed by atoms with E-state index in [0.29, 0.717) is 30.3 Å². The Morgan fingerprint density at radius 3 is 2.67 bits per heavy atom. The maximum Gasteiger partial charge on any atom is 0.256 e. The van der Waals surface area contributed by atoms with Gasteiger partial charge in [0.05, 0.1) is 24.4 Å². The van der Waals surface area contributed by atoms with E-state index in [0.717, 1.165) is 18.2 Å². The van der Waals surface area contributed by atoms with Crippen LogP contribution in [0.5, 0.6) is 5.75 Å². The molecule has 0 saturated carbocycles. The van der Waals surface area contributed by atoms with Gasteiger partial charge in [0, 0.05) is 25.2 Å². The van der Waals surface area contributed by atoms with E-state index in [-0.39, 0.29) is 12.0 Å². The lowest BCUT2D eigenvalue weighted by Gasteiger charge is -2.28. The van der Waals surface area contributed by atoms with E-state index in [1.165, 1.54) is 0 Å². The first-order chi connectivity index (χ1) is 11.5. The zero-order valence-electron chi connectivity index (χ0n) is 14.6. The largest absolute Gasteiger partial charge is 0.489 e. The summed E-state index contributed by atoms with van der Waals surface area (Å²) in [5.74, 6) is 2.68. The maximum absolute atomic E-state index is 12.8. The zero-order chi connectivity index (χ0) is 17.3. The molecule has 0 aliphatic carbocycles. The fourth-order valence-corrected chi connectivity index (χ4v) is 2.84. The predicted molar refractivity (Wildman–Crippen MR) is 88.9 cm³/mol. The molecular formula is C17H23N5O2. The van der Waals surface area contributed by atoms with Gasteiger partial charge in [-0.3, -0.25) is 9.78 Å². The lowest BCUT2D eigenvalue weighted by atomic mass is 10.2. The van der Waals surface area contributed by atoms with Crippen molar-refractivity contribution in [1.29, 1.82) is 0 Å². The second kappa shape index (κ2) is 6.59. The van der Waals surface area contributed by atoms with Gasteiger partial charge in [0.1, 0.15) is 11.6 Å². The Balaban J connectivity index is 1.77. The average Bonchev–Trinajstić information content (AvgIpc) is 2.97. The summed E-state index contributed by atoms with van der Waals surface area (Å²) in [6.07, 6.45) is 3.24. The van der Waals surface area contributed by atoms with Gasteiger partial charge < -0.3 is 14.2 Å². The van der Waals surface area contributed by atoms with Crippen LogP contribution in [0.4, 0.5) is 0 Å². The van der Waals surface area contributed by atoms with Crippen molar-refractivity contribution < 1.29 is 9.53 Å². The molecule has 128 valence electrons. The van der Waals surface area contributed by atoms with Crippen molar-refractivity contribution >= 4 is 5.91 Å². The Hall–Kier alpha value is -2.44. The highest BCUT2D eigenvalue weighted by Crippen LogP contribution is 2.21. The minimum atomic E-state index is -0.0583. The Morgan fingerprint density at radius 1 is 1.17 bits per heavy atom. The van der Waals surface area contributed by atoms with Gasteiger partial charge in [-0.05, 0) is 19.9 Å². The van der Waals surface area contributed by atoms with Crippen LogP contribution in [0.15, 0.2) is 18.5 Å². The summed E-state index contributed by atoms with van der Waals surface area (Å²) in [6.45, 7) is 9.90. The first-order valence-corrected chi connectivity index (χ1v) is 8.28. The molecule has 1 aliphatic heterocycles. The first-order valence-electron chi connectivity index (χ1n) is 8.28. The van der Waals surface area contributed by atoms with Gasteiger partial charge in [0.2, 0.25) is 0 Å². The summed E-state index contributed by atoms with van der Waals surface area (Å²) in [7, 11) is 0. The highest BCUT2D eigenvalue weighted by Gasteiger charge is 2.26. The molecule has 0 unspecified atom stereocenters. The SMILES string of the molecule is CC(C)Oc1cncc(C(=O)N2CCn3c(nnc3C(C)C)C2)c1. The summed E-state index contributed by atoms with van der Waals surface area (Å²) in [5, 5.41) is 8.49. The predicted octanol–water partition coefficient (Wildman–Crippen LogP) is 2.24. The summed E-state index contributed by atoms with van der Waals surface area (Å²) in [5.41, 5.74) is 0.533. The number of ether oxygens (including phenoxy) is 1. The molecule has 2 aromatic rings. The number of amides is 1. The molecule has 0 spiro atoms. The van der Waals surface area contributed by atoms with E-state index in [1.54, 1.807) is 23.4 Å². The fourth-order valence-electron chi connectivity index (χ4n) is 2.84. The molecule has 0 bridgehead atoms. The van der Waals surface area contributed by atoms with E-state index in [1.807, 2.05) is 13.8 Å². The Labute approximate surface area is 141 Å². The highest BCUT2D eigenvalue weighted by atomic mass is 16.5. The lowest BCUT2D eigenvalue weighted by Crippen LogP contribution is -2.39. The van der Waals surface area contributed by atoms with Crippen molar-refractivity contribution in [3.63, 3.8) is 0 Å². The van der Waals surface area contributed by atoms with Crippen LogP contribution >= 0.6 is 0 Å². The molecule has 1 amide bonds. The van der Waals surface area contributed by atoms with E-state index in [2.05, 4.69) is 33.6 Å². The summed E-state index contributed by atoms with van der Waals surface area (Å²) in [4.78, 5) is 18.7. The van der Waals surface area contributed by atoms with Gasteiger partial charge in [-0.25, -0.2) is 0 Å². The smallest absolute Gasteiger partial charge is 0.256 e. The number of carbonyl (C=O) groups is 1. The number of carbonyl (C=O) groups excluding carboxylic acids is 1. The Morgan fingerprint density at radius 2 is 1.96 bits per heavy atom. The van der Waals surface area contributed by atoms with Crippen molar-refractivity contribution in [2.75, 3.05) is 6.54 Å². The number of rotatable bonds is 4. The summed E-state index contributed by atoms with van der Waals surface area (Å²) >= 11 is 0. The number of aromatic nitrogens is 4. The average molecular weight is 329 g/mol. The second-order valence-corrected chi connectivity index (χ2v) is 6.58. The third-order valence-corrected chi connectivity index (χ3v) is 3.92. The van der Waals surface area contributed by atoms with Crippen LogP contribution in [0.2, 0.25) is 0 Å². The van der Waals surface area contributed by atoms with Crippen LogP contribution in [0.1, 0.15) is 55.6 Å². The molecule has 2 aromatic heterocycles. The zero-order valence-corrected chi connectivity index (χ0v) is 14.6. The van der Waals surface area contributed by atoms with Crippen molar-refractivity contribution in [3.8, 4) is 5.75 Å². The van der Waals surface area contributed by atoms with E-state index >= 15 is 0 Å². The normalized spacial score (nSPS) is 14.2. The Kier molecular flexibility index (Phi) is 4.51. The molecule has 0 N–H and O–H groups in total. The van der Waals surface area contributed by atoms with E-state index in [4.69, 9.17) is 4.74 Å². The van der Waals surface area contributed by atoms with Crippen LogP contribution in [0.25, 0.3) is 0 Å². The van der Waals surface area contributed by atoms with Gasteiger partial charge in [0.15, 0.2) is 5.82 Å². The molecule has 3 rings (SSSR count). The number of hydrogen-bond acceptors (Lipinski definition) is 5.